The molecule has 0 fully saturated rings. The molecule has 0 aromatic rings. The van der Waals surface area contributed by atoms with Crippen molar-refractivity contribution in [2.75, 3.05) is 0 Å². The summed E-state index contributed by atoms with van der Waals surface area (Å²) in [6.07, 6.45) is 3.28. The number of carboxylic acids is 2. The Balaban J connectivity index is 0. The summed E-state index contributed by atoms with van der Waals surface area (Å²) in [6, 6.07) is 0. The molecule has 0 spiro atoms. The van der Waals surface area contributed by atoms with Crippen molar-refractivity contribution in [3.05, 3.63) is 36.5 Å². The quantitative estimate of drug-likeness (QED) is 0.536. The average molecular weight is 198 g/mol. The van der Waals surface area contributed by atoms with E-state index >= 15 is 0 Å². The third kappa shape index (κ3) is 6.84. The van der Waals surface area contributed by atoms with Crippen LogP contribution in [0.2, 0.25) is 0 Å². The molecule has 0 bridgehead atoms. The van der Waals surface area contributed by atoms with E-state index in [1.807, 2.05) is 0 Å². The minimum Gasteiger partial charge on any atom is -0.478 e. The molecule has 0 aliphatic rings. The van der Waals surface area contributed by atoms with Crippen LogP contribution in [-0.2, 0) is 9.59 Å². The van der Waals surface area contributed by atoms with E-state index in [4.69, 9.17) is 10.2 Å². The maximum atomic E-state index is 10.1. The molecule has 2 N–H and O–H groups in total. The fourth-order valence-corrected chi connectivity index (χ4v) is 0.321. The van der Waals surface area contributed by atoms with Crippen LogP contribution >= 0.6 is 0 Å². The van der Waals surface area contributed by atoms with Crippen molar-refractivity contribution in [3.63, 3.8) is 0 Å². The third-order valence-electron chi connectivity index (χ3n) is 1.37. The van der Waals surface area contributed by atoms with E-state index in [-0.39, 0.29) is 11.1 Å². The first-order chi connectivity index (χ1) is 6.38. The maximum absolute atomic E-state index is 10.1. The van der Waals surface area contributed by atoms with Gasteiger partial charge in [-0.15, -0.1) is 0 Å². The predicted octanol–water partition coefficient (Wildman–Crippen LogP) is 1.85. The SMILES string of the molecule is C/C(C(=O)O)=C(\C)C(=O)O.C=CC=C. The molecule has 0 amide bonds. The van der Waals surface area contributed by atoms with Crippen LogP contribution in [-0.4, -0.2) is 22.2 Å². The Kier molecular flexibility index (Phi) is 8.16. The van der Waals surface area contributed by atoms with Gasteiger partial charge in [0, 0.05) is 11.1 Å². The molecule has 0 aliphatic carbocycles. The van der Waals surface area contributed by atoms with Crippen molar-refractivity contribution in [1.82, 2.24) is 0 Å². The zero-order chi connectivity index (χ0) is 11.7. The van der Waals surface area contributed by atoms with E-state index in [0.29, 0.717) is 0 Å². The monoisotopic (exact) mass is 198 g/mol. The largest absolute Gasteiger partial charge is 0.478 e. The number of carboxylic acid groups (broad SMARTS) is 2. The number of rotatable bonds is 3. The van der Waals surface area contributed by atoms with Gasteiger partial charge >= 0.3 is 11.9 Å². The average Bonchev–Trinajstić information content (AvgIpc) is 2.15. The van der Waals surface area contributed by atoms with E-state index in [9.17, 15) is 9.59 Å². The molecular formula is C10H14O4. The molecule has 0 rings (SSSR count). The lowest BCUT2D eigenvalue weighted by atomic mass is 10.1. The number of hydrogen-bond acceptors (Lipinski definition) is 2. The van der Waals surface area contributed by atoms with Gasteiger partial charge < -0.3 is 10.2 Å². The van der Waals surface area contributed by atoms with Crippen molar-refractivity contribution >= 4 is 11.9 Å². The van der Waals surface area contributed by atoms with Gasteiger partial charge in [0.05, 0.1) is 0 Å². The molecule has 14 heavy (non-hydrogen) atoms. The standard InChI is InChI=1S/C6H8O4.C4H6/c1-3(5(7)8)4(2)6(9)10;1-3-4-2/h1-2H3,(H,7,8)(H,9,10);3-4H,1-2H2/b4-3-;. The van der Waals surface area contributed by atoms with Crippen LogP contribution in [0.5, 0.6) is 0 Å². The summed E-state index contributed by atoms with van der Waals surface area (Å²) in [7, 11) is 0. The van der Waals surface area contributed by atoms with E-state index < -0.39 is 11.9 Å². The molecule has 0 aromatic heterocycles. The number of carbonyl (C=O) groups is 2. The number of hydrogen-bond donors (Lipinski definition) is 2. The Bertz CT molecular complexity index is 246. The second-order valence-electron chi connectivity index (χ2n) is 2.33. The summed E-state index contributed by atoms with van der Waals surface area (Å²) >= 11 is 0. The lowest BCUT2D eigenvalue weighted by Gasteiger charge is -1.95. The van der Waals surface area contributed by atoms with E-state index in [1.165, 1.54) is 13.8 Å². The maximum Gasteiger partial charge on any atom is 0.331 e. The van der Waals surface area contributed by atoms with Crippen LogP contribution in [0.15, 0.2) is 36.5 Å². The van der Waals surface area contributed by atoms with Gasteiger partial charge in [-0.1, -0.05) is 25.3 Å². The predicted molar refractivity (Wildman–Crippen MR) is 54.0 cm³/mol. The highest BCUT2D eigenvalue weighted by Gasteiger charge is 2.09. The molecule has 0 radical (unpaired) electrons. The number of aliphatic carboxylic acids is 2. The summed E-state index contributed by atoms with van der Waals surface area (Å²) in [6.45, 7) is 9.23. The summed E-state index contributed by atoms with van der Waals surface area (Å²) < 4.78 is 0. The molecular weight excluding hydrogens is 184 g/mol. The Morgan fingerprint density at radius 2 is 1.14 bits per heavy atom. The zero-order valence-corrected chi connectivity index (χ0v) is 8.28. The molecule has 0 saturated carbocycles. The van der Waals surface area contributed by atoms with Gasteiger partial charge in [-0.05, 0) is 13.8 Å². The van der Waals surface area contributed by atoms with Crippen LogP contribution in [0.1, 0.15) is 13.8 Å². The molecule has 0 aromatic carbocycles. The molecule has 4 nitrogen and oxygen atoms in total. The van der Waals surface area contributed by atoms with Gasteiger partial charge in [0.1, 0.15) is 0 Å². The van der Waals surface area contributed by atoms with Crippen LogP contribution < -0.4 is 0 Å². The Morgan fingerprint density at radius 1 is 0.929 bits per heavy atom. The van der Waals surface area contributed by atoms with Gasteiger partial charge in [0.15, 0.2) is 0 Å². The molecule has 4 heteroatoms. The lowest BCUT2D eigenvalue weighted by Crippen LogP contribution is -2.06. The second-order valence-corrected chi connectivity index (χ2v) is 2.33. The molecule has 0 unspecified atom stereocenters. The summed E-state index contributed by atoms with van der Waals surface area (Å²) in [5.74, 6) is -2.39. The van der Waals surface area contributed by atoms with E-state index in [1.54, 1.807) is 12.2 Å². The van der Waals surface area contributed by atoms with Crippen molar-refractivity contribution in [3.8, 4) is 0 Å². The van der Waals surface area contributed by atoms with E-state index in [2.05, 4.69) is 13.2 Å². The Morgan fingerprint density at radius 3 is 1.21 bits per heavy atom. The first-order valence-corrected chi connectivity index (χ1v) is 3.76. The summed E-state index contributed by atoms with van der Waals surface area (Å²) in [4.78, 5) is 20.2. The summed E-state index contributed by atoms with van der Waals surface area (Å²) in [5.41, 5.74) is -0.264. The minimum atomic E-state index is -1.19. The van der Waals surface area contributed by atoms with Crippen LogP contribution in [0.4, 0.5) is 0 Å². The third-order valence-corrected chi connectivity index (χ3v) is 1.37. The van der Waals surface area contributed by atoms with Gasteiger partial charge in [0.25, 0.3) is 0 Å². The normalized spacial score (nSPS) is 10.1. The second kappa shape index (κ2) is 7.79. The fraction of sp³-hybridized carbons (Fsp3) is 0.200. The lowest BCUT2D eigenvalue weighted by molar-refractivity contribution is -0.135. The van der Waals surface area contributed by atoms with Gasteiger partial charge in [-0.2, -0.15) is 0 Å². The van der Waals surface area contributed by atoms with Crippen molar-refractivity contribution in [1.29, 1.82) is 0 Å². The van der Waals surface area contributed by atoms with Gasteiger partial charge in [0.2, 0.25) is 0 Å². The van der Waals surface area contributed by atoms with Crippen molar-refractivity contribution in [2.45, 2.75) is 13.8 Å². The van der Waals surface area contributed by atoms with Gasteiger partial charge in [-0.25, -0.2) is 9.59 Å². The van der Waals surface area contributed by atoms with Crippen molar-refractivity contribution < 1.29 is 19.8 Å². The smallest absolute Gasteiger partial charge is 0.331 e. The highest BCUT2D eigenvalue weighted by molar-refractivity contribution is 5.97. The Hall–Kier alpha value is -1.84. The molecule has 0 saturated heterocycles. The first-order valence-electron chi connectivity index (χ1n) is 3.76. The highest BCUT2D eigenvalue weighted by Crippen LogP contribution is 2.02. The molecule has 0 atom stereocenters. The molecule has 78 valence electrons. The molecule has 0 heterocycles. The highest BCUT2D eigenvalue weighted by atomic mass is 16.4. The van der Waals surface area contributed by atoms with E-state index in [0.717, 1.165) is 0 Å². The fourth-order valence-electron chi connectivity index (χ4n) is 0.321. The van der Waals surface area contributed by atoms with Gasteiger partial charge in [-0.3, -0.25) is 0 Å². The zero-order valence-electron chi connectivity index (χ0n) is 8.28. The Labute approximate surface area is 82.9 Å². The van der Waals surface area contributed by atoms with Crippen molar-refractivity contribution in [2.24, 2.45) is 0 Å². The minimum absolute atomic E-state index is 0.132. The summed E-state index contributed by atoms with van der Waals surface area (Å²) in [5, 5.41) is 16.6. The number of allylic oxidation sites excluding steroid dienone is 2. The topological polar surface area (TPSA) is 74.6 Å². The van der Waals surface area contributed by atoms with Crippen LogP contribution in [0.3, 0.4) is 0 Å². The molecule has 0 aliphatic heterocycles. The van der Waals surface area contributed by atoms with Crippen LogP contribution in [0, 0.1) is 0 Å². The van der Waals surface area contributed by atoms with Crippen LogP contribution in [0.25, 0.3) is 0 Å². The first kappa shape index (κ1) is 14.7.